The number of hydrogen-bond donors (Lipinski definition) is 0. The standard InChI is InChI=1S/C14H16O.C2H6/c1-4-5-12-7-6-10(2)8-13(12)11(3)14-9-15-14;1-2/h4-8,14H,1,9H2,2-3H3;1-2H3/b12-5-,13-11+;. The molecule has 92 valence electrons. The third-order valence-corrected chi connectivity index (χ3v) is 2.75. The zero-order chi connectivity index (χ0) is 12.8. The molecule has 1 heteroatoms. The summed E-state index contributed by atoms with van der Waals surface area (Å²) in [6.45, 7) is 12.9. The van der Waals surface area contributed by atoms with Crippen molar-refractivity contribution >= 4 is 11.6 Å². The Morgan fingerprint density at radius 3 is 2.59 bits per heavy atom. The monoisotopic (exact) mass is 230 g/mol. The normalized spacial score (nSPS) is 20.2. The van der Waals surface area contributed by atoms with Crippen LogP contribution < -0.4 is 10.4 Å². The summed E-state index contributed by atoms with van der Waals surface area (Å²) in [5, 5.41) is 2.51. The van der Waals surface area contributed by atoms with Gasteiger partial charge in [0.2, 0.25) is 0 Å². The van der Waals surface area contributed by atoms with Crippen molar-refractivity contribution in [2.75, 3.05) is 6.61 Å². The average Bonchev–Trinajstić information content (AvgIpc) is 3.17. The fourth-order valence-corrected chi connectivity index (χ4v) is 1.76. The van der Waals surface area contributed by atoms with Gasteiger partial charge in [-0.05, 0) is 29.9 Å². The topological polar surface area (TPSA) is 12.5 Å². The zero-order valence-electron chi connectivity index (χ0n) is 11.3. The Hall–Kier alpha value is -1.34. The molecule has 0 saturated carbocycles. The van der Waals surface area contributed by atoms with Crippen LogP contribution in [0.1, 0.15) is 26.3 Å². The molecular formula is C16H22O. The van der Waals surface area contributed by atoms with Crippen LogP contribution in [-0.4, -0.2) is 12.7 Å². The van der Waals surface area contributed by atoms with E-state index in [1.807, 2.05) is 26.0 Å². The van der Waals surface area contributed by atoms with Gasteiger partial charge in [-0.2, -0.15) is 0 Å². The lowest BCUT2D eigenvalue weighted by Crippen LogP contribution is -2.27. The van der Waals surface area contributed by atoms with Crippen LogP contribution in [0.5, 0.6) is 0 Å². The Bertz CT molecular complexity index is 493. The minimum Gasteiger partial charge on any atom is -0.368 e. The summed E-state index contributed by atoms with van der Waals surface area (Å²) in [7, 11) is 0. The van der Waals surface area contributed by atoms with Crippen molar-refractivity contribution in [3.8, 4) is 0 Å². The first kappa shape index (κ1) is 13.7. The second kappa shape index (κ2) is 6.41. The van der Waals surface area contributed by atoms with Gasteiger partial charge in [0, 0.05) is 0 Å². The highest BCUT2D eigenvalue weighted by atomic mass is 16.6. The Kier molecular flexibility index (Phi) is 5.17. The van der Waals surface area contributed by atoms with E-state index in [0.29, 0.717) is 6.10 Å². The summed E-state index contributed by atoms with van der Waals surface area (Å²) < 4.78 is 5.32. The molecule has 0 aliphatic carbocycles. The first-order valence-corrected chi connectivity index (χ1v) is 6.24. The summed E-state index contributed by atoms with van der Waals surface area (Å²) in [5.74, 6) is 0. The van der Waals surface area contributed by atoms with Crippen LogP contribution in [0.3, 0.4) is 0 Å². The van der Waals surface area contributed by atoms with Gasteiger partial charge in [-0.15, -0.1) is 0 Å². The second-order valence-corrected chi connectivity index (χ2v) is 4.00. The summed E-state index contributed by atoms with van der Waals surface area (Å²) >= 11 is 0. The molecular weight excluding hydrogens is 208 g/mol. The molecule has 1 saturated heterocycles. The van der Waals surface area contributed by atoms with Gasteiger partial charge in [0.1, 0.15) is 6.10 Å². The third kappa shape index (κ3) is 3.57. The molecule has 0 spiro atoms. The molecule has 0 amide bonds. The quantitative estimate of drug-likeness (QED) is 0.711. The molecule has 1 unspecified atom stereocenters. The van der Waals surface area contributed by atoms with Crippen molar-refractivity contribution in [3.05, 3.63) is 46.9 Å². The number of ether oxygens (including phenoxy) is 1. The van der Waals surface area contributed by atoms with Gasteiger partial charge >= 0.3 is 0 Å². The van der Waals surface area contributed by atoms with E-state index >= 15 is 0 Å². The van der Waals surface area contributed by atoms with E-state index in [1.165, 1.54) is 21.6 Å². The summed E-state index contributed by atoms with van der Waals surface area (Å²) in [6.07, 6.45) is 4.21. The molecule has 0 aromatic heterocycles. The highest BCUT2D eigenvalue weighted by Gasteiger charge is 2.24. The van der Waals surface area contributed by atoms with E-state index in [0.717, 1.165) is 6.61 Å². The lowest BCUT2D eigenvalue weighted by molar-refractivity contribution is 0.443. The molecule has 1 aromatic carbocycles. The van der Waals surface area contributed by atoms with Crippen molar-refractivity contribution in [1.82, 2.24) is 0 Å². The van der Waals surface area contributed by atoms with E-state index in [1.54, 1.807) is 0 Å². The van der Waals surface area contributed by atoms with Crippen LogP contribution in [0.25, 0.3) is 11.6 Å². The molecule has 17 heavy (non-hydrogen) atoms. The fourth-order valence-electron chi connectivity index (χ4n) is 1.76. The minimum absolute atomic E-state index is 0.337. The van der Waals surface area contributed by atoms with Crippen LogP contribution in [0.15, 0.2) is 30.9 Å². The second-order valence-electron chi connectivity index (χ2n) is 4.00. The smallest absolute Gasteiger partial charge is 0.103 e. The highest BCUT2D eigenvalue weighted by Crippen LogP contribution is 2.18. The lowest BCUT2D eigenvalue weighted by atomic mass is 10.1. The SMILES string of the molecule is C=C/C=c1/ccc(C)c/c1=C(/C)C1CO1.CC. The average molecular weight is 230 g/mol. The van der Waals surface area contributed by atoms with Gasteiger partial charge in [-0.1, -0.05) is 56.3 Å². The highest BCUT2D eigenvalue weighted by molar-refractivity contribution is 5.52. The zero-order valence-corrected chi connectivity index (χ0v) is 11.3. The van der Waals surface area contributed by atoms with Crippen molar-refractivity contribution in [2.24, 2.45) is 0 Å². The summed E-state index contributed by atoms with van der Waals surface area (Å²) in [5.41, 5.74) is 2.61. The summed E-state index contributed by atoms with van der Waals surface area (Å²) in [4.78, 5) is 0. The van der Waals surface area contributed by atoms with Crippen LogP contribution in [0.2, 0.25) is 0 Å². The maximum Gasteiger partial charge on any atom is 0.103 e. The molecule has 0 bridgehead atoms. The number of hydrogen-bond acceptors (Lipinski definition) is 1. The molecule has 1 heterocycles. The Morgan fingerprint density at radius 2 is 2.06 bits per heavy atom. The van der Waals surface area contributed by atoms with E-state index in [9.17, 15) is 0 Å². The van der Waals surface area contributed by atoms with Crippen molar-refractivity contribution < 1.29 is 4.74 Å². The largest absolute Gasteiger partial charge is 0.368 e. The van der Waals surface area contributed by atoms with Crippen molar-refractivity contribution in [2.45, 2.75) is 33.8 Å². The maximum atomic E-state index is 5.32. The van der Waals surface area contributed by atoms with Crippen molar-refractivity contribution in [3.63, 3.8) is 0 Å². The number of allylic oxidation sites excluding steroid dienone is 1. The van der Waals surface area contributed by atoms with Gasteiger partial charge in [0.25, 0.3) is 0 Å². The number of epoxide rings is 1. The molecule has 1 aliphatic rings. The molecule has 1 atom stereocenters. The molecule has 1 nitrogen and oxygen atoms in total. The summed E-state index contributed by atoms with van der Waals surface area (Å²) in [6, 6.07) is 6.48. The Labute approximate surface area is 104 Å². The molecule has 0 radical (unpaired) electrons. The minimum atomic E-state index is 0.337. The van der Waals surface area contributed by atoms with Crippen LogP contribution in [0, 0.1) is 6.92 Å². The Morgan fingerprint density at radius 1 is 1.41 bits per heavy atom. The fraction of sp³-hybridized carbons (Fsp3) is 0.375. The molecule has 0 N–H and O–H groups in total. The van der Waals surface area contributed by atoms with Gasteiger partial charge in [0.15, 0.2) is 0 Å². The van der Waals surface area contributed by atoms with E-state index in [-0.39, 0.29) is 0 Å². The molecule has 1 aliphatic heterocycles. The van der Waals surface area contributed by atoms with Gasteiger partial charge in [0.05, 0.1) is 6.61 Å². The third-order valence-electron chi connectivity index (χ3n) is 2.75. The molecule has 1 aromatic rings. The first-order chi connectivity index (χ1) is 8.22. The van der Waals surface area contributed by atoms with Crippen molar-refractivity contribution in [1.29, 1.82) is 0 Å². The van der Waals surface area contributed by atoms with Crippen LogP contribution in [0.4, 0.5) is 0 Å². The number of rotatable bonds is 2. The lowest BCUT2D eigenvalue weighted by Gasteiger charge is -1.98. The maximum absolute atomic E-state index is 5.32. The van der Waals surface area contributed by atoms with Crippen LogP contribution in [-0.2, 0) is 4.74 Å². The van der Waals surface area contributed by atoms with Gasteiger partial charge in [-0.25, -0.2) is 0 Å². The Balaban J connectivity index is 0.000000686. The molecule has 1 fully saturated rings. The van der Waals surface area contributed by atoms with Crippen LogP contribution >= 0.6 is 0 Å². The van der Waals surface area contributed by atoms with E-state index in [4.69, 9.17) is 4.74 Å². The predicted molar refractivity (Wildman–Crippen MR) is 75.3 cm³/mol. The number of aryl methyl sites for hydroxylation is 1. The van der Waals surface area contributed by atoms with E-state index in [2.05, 4.69) is 38.6 Å². The molecule has 2 rings (SSSR count). The van der Waals surface area contributed by atoms with Gasteiger partial charge < -0.3 is 4.74 Å². The first-order valence-electron chi connectivity index (χ1n) is 6.24. The number of benzene rings is 1. The van der Waals surface area contributed by atoms with E-state index < -0.39 is 0 Å². The predicted octanol–water partition coefficient (Wildman–Crippen LogP) is 2.56. The van der Waals surface area contributed by atoms with Gasteiger partial charge in [-0.3, -0.25) is 0 Å².